The molecule has 3 aromatic rings. The van der Waals surface area contributed by atoms with Gasteiger partial charge in [0.15, 0.2) is 11.3 Å². The van der Waals surface area contributed by atoms with Gasteiger partial charge in [0.1, 0.15) is 0 Å². The van der Waals surface area contributed by atoms with Crippen molar-refractivity contribution in [2.24, 2.45) is 0 Å². The summed E-state index contributed by atoms with van der Waals surface area (Å²) in [5.74, 6) is -4.37. The quantitative estimate of drug-likeness (QED) is 0.221. The Bertz CT molecular complexity index is 1240. The average Bonchev–Trinajstić information content (AvgIpc) is 2.83. The maximum atomic E-state index is 12.9. The molecule has 190 valence electrons. The van der Waals surface area contributed by atoms with Crippen LogP contribution in [-0.2, 0) is 31.3 Å². The molecule has 0 saturated carbocycles. The minimum Gasteiger partial charge on any atom is -0.481 e. The van der Waals surface area contributed by atoms with Gasteiger partial charge in [-0.2, -0.15) is 0 Å². The standard InChI is InChI=1S/C28H31NO7/c1-19-9-13-23(14-10-19)28(29-2,36-25(32)18-27(35,26(33)34)17-24(30)31)15-5-6-20-11-12-21-7-3-4-8-22(21)16-20/h3-4,7-14,16,29,35H,5-6,15,17-18H2,1-2H3,(H,30,31)(H,33,34). The molecule has 0 fully saturated rings. The number of aliphatic carboxylic acids is 2. The number of aryl methyl sites for hydroxylation is 2. The first kappa shape index (κ1) is 26.8. The summed E-state index contributed by atoms with van der Waals surface area (Å²) in [7, 11) is 1.63. The second-order valence-corrected chi connectivity index (χ2v) is 9.04. The molecule has 36 heavy (non-hydrogen) atoms. The number of nitrogens with one attached hydrogen (secondary N) is 1. The molecule has 0 aliphatic rings. The number of rotatable bonds is 12. The Kier molecular flexibility index (Phi) is 8.45. The lowest BCUT2D eigenvalue weighted by Crippen LogP contribution is -2.48. The van der Waals surface area contributed by atoms with Crippen LogP contribution in [0.15, 0.2) is 66.7 Å². The number of ether oxygens (including phenoxy) is 1. The van der Waals surface area contributed by atoms with E-state index in [1.807, 2.05) is 55.5 Å². The Morgan fingerprint density at radius 3 is 2.19 bits per heavy atom. The highest BCUT2D eigenvalue weighted by molar-refractivity contribution is 5.88. The molecule has 0 heterocycles. The van der Waals surface area contributed by atoms with Crippen molar-refractivity contribution in [2.45, 2.75) is 50.4 Å². The number of carboxylic acids is 2. The number of carboxylic acid groups (broad SMARTS) is 2. The molecule has 0 spiro atoms. The molecule has 0 aliphatic heterocycles. The predicted octanol–water partition coefficient (Wildman–Crippen LogP) is 3.77. The van der Waals surface area contributed by atoms with Crippen LogP contribution in [0, 0.1) is 6.92 Å². The second kappa shape index (κ2) is 11.3. The minimum absolute atomic E-state index is 0.357. The summed E-state index contributed by atoms with van der Waals surface area (Å²) in [6.07, 6.45) is -0.449. The molecule has 8 nitrogen and oxygen atoms in total. The molecular weight excluding hydrogens is 462 g/mol. The molecule has 0 radical (unpaired) electrons. The van der Waals surface area contributed by atoms with Gasteiger partial charge in [-0.25, -0.2) is 4.79 Å². The van der Waals surface area contributed by atoms with Crippen LogP contribution in [0.25, 0.3) is 10.8 Å². The molecule has 2 atom stereocenters. The fourth-order valence-electron chi connectivity index (χ4n) is 4.27. The van der Waals surface area contributed by atoms with Crippen LogP contribution in [0.1, 0.15) is 42.4 Å². The molecule has 0 amide bonds. The third kappa shape index (κ3) is 6.47. The molecule has 0 aliphatic carbocycles. The first-order valence-electron chi connectivity index (χ1n) is 11.7. The second-order valence-electron chi connectivity index (χ2n) is 9.04. The summed E-state index contributed by atoms with van der Waals surface area (Å²) in [4.78, 5) is 35.4. The average molecular weight is 494 g/mol. The van der Waals surface area contributed by atoms with E-state index in [9.17, 15) is 24.6 Å². The fraction of sp³-hybridized carbons (Fsp3) is 0.321. The minimum atomic E-state index is -2.78. The molecule has 3 aromatic carbocycles. The van der Waals surface area contributed by atoms with E-state index in [4.69, 9.17) is 9.84 Å². The molecule has 8 heteroatoms. The van der Waals surface area contributed by atoms with Crippen molar-refractivity contribution in [2.75, 3.05) is 7.05 Å². The molecular formula is C28H31NO7. The fourth-order valence-corrected chi connectivity index (χ4v) is 4.27. The van der Waals surface area contributed by atoms with E-state index >= 15 is 0 Å². The van der Waals surface area contributed by atoms with Gasteiger partial charge in [0.05, 0.1) is 12.8 Å². The van der Waals surface area contributed by atoms with Gasteiger partial charge in [-0.05, 0) is 43.1 Å². The first-order valence-corrected chi connectivity index (χ1v) is 11.7. The smallest absolute Gasteiger partial charge is 0.336 e. The predicted molar refractivity (Wildman–Crippen MR) is 134 cm³/mol. The monoisotopic (exact) mass is 493 g/mol. The Labute approximate surface area is 209 Å². The highest BCUT2D eigenvalue weighted by Crippen LogP contribution is 2.31. The maximum Gasteiger partial charge on any atom is 0.336 e. The van der Waals surface area contributed by atoms with Crippen LogP contribution >= 0.6 is 0 Å². The molecule has 3 rings (SSSR count). The molecule has 4 N–H and O–H groups in total. The van der Waals surface area contributed by atoms with Crippen molar-refractivity contribution >= 4 is 28.7 Å². The number of aliphatic hydroxyl groups is 1. The topological polar surface area (TPSA) is 133 Å². The number of carbonyl (C=O) groups is 3. The number of fused-ring (bicyclic) bond motifs is 1. The van der Waals surface area contributed by atoms with E-state index < -0.39 is 42.1 Å². The summed E-state index contributed by atoms with van der Waals surface area (Å²) < 4.78 is 5.78. The number of benzene rings is 3. The van der Waals surface area contributed by atoms with Crippen molar-refractivity contribution in [3.8, 4) is 0 Å². The van der Waals surface area contributed by atoms with Crippen LogP contribution < -0.4 is 5.32 Å². The lowest BCUT2D eigenvalue weighted by atomic mass is 9.93. The van der Waals surface area contributed by atoms with Gasteiger partial charge >= 0.3 is 17.9 Å². The summed E-state index contributed by atoms with van der Waals surface area (Å²) in [5.41, 5.74) is -1.30. The lowest BCUT2D eigenvalue weighted by Gasteiger charge is -2.35. The highest BCUT2D eigenvalue weighted by atomic mass is 16.6. The largest absolute Gasteiger partial charge is 0.481 e. The summed E-state index contributed by atoms with van der Waals surface area (Å²) >= 11 is 0. The van der Waals surface area contributed by atoms with E-state index in [-0.39, 0.29) is 0 Å². The van der Waals surface area contributed by atoms with Crippen molar-refractivity contribution in [3.05, 3.63) is 83.4 Å². The number of hydrogen-bond donors (Lipinski definition) is 4. The zero-order chi connectivity index (χ0) is 26.3. The molecule has 2 unspecified atom stereocenters. The zero-order valence-corrected chi connectivity index (χ0v) is 20.4. The number of hydrogen-bond acceptors (Lipinski definition) is 6. The van der Waals surface area contributed by atoms with Gasteiger partial charge in [-0.3, -0.25) is 14.9 Å². The van der Waals surface area contributed by atoms with Gasteiger partial charge in [0, 0.05) is 12.0 Å². The van der Waals surface area contributed by atoms with Crippen LogP contribution in [0.4, 0.5) is 0 Å². The SMILES string of the molecule is CNC(CCCc1ccc2ccccc2c1)(OC(=O)CC(O)(CC(=O)O)C(=O)O)c1ccc(C)cc1. The number of esters is 1. The van der Waals surface area contributed by atoms with Crippen LogP contribution in [0.5, 0.6) is 0 Å². The first-order chi connectivity index (χ1) is 17.1. The third-order valence-corrected chi connectivity index (χ3v) is 6.30. The van der Waals surface area contributed by atoms with Crippen LogP contribution in [0.2, 0.25) is 0 Å². The van der Waals surface area contributed by atoms with Gasteiger partial charge in [0.2, 0.25) is 0 Å². The Hall–Kier alpha value is -3.75. The van der Waals surface area contributed by atoms with E-state index in [1.165, 1.54) is 0 Å². The van der Waals surface area contributed by atoms with E-state index in [0.29, 0.717) is 24.8 Å². The van der Waals surface area contributed by atoms with E-state index in [0.717, 1.165) is 21.9 Å². The van der Waals surface area contributed by atoms with Gasteiger partial charge < -0.3 is 20.1 Å². The maximum absolute atomic E-state index is 12.9. The molecule has 0 saturated heterocycles. The summed E-state index contributed by atoms with van der Waals surface area (Å²) in [6, 6.07) is 21.7. The third-order valence-electron chi connectivity index (χ3n) is 6.30. The Morgan fingerprint density at radius 2 is 1.58 bits per heavy atom. The molecule has 0 bridgehead atoms. The van der Waals surface area contributed by atoms with Gasteiger partial charge in [-0.15, -0.1) is 0 Å². The Balaban J connectivity index is 1.82. The normalized spacial score (nSPS) is 14.5. The van der Waals surface area contributed by atoms with E-state index in [2.05, 4.69) is 23.5 Å². The number of carbonyl (C=O) groups excluding carboxylic acids is 1. The zero-order valence-electron chi connectivity index (χ0n) is 20.4. The van der Waals surface area contributed by atoms with Crippen molar-refractivity contribution in [3.63, 3.8) is 0 Å². The van der Waals surface area contributed by atoms with Crippen molar-refractivity contribution in [1.82, 2.24) is 5.32 Å². The van der Waals surface area contributed by atoms with Gasteiger partial charge in [-0.1, -0.05) is 72.3 Å². The lowest BCUT2D eigenvalue weighted by molar-refractivity contribution is -0.181. The Morgan fingerprint density at radius 1 is 0.917 bits per heavy atom. The summed E-state index contributed by atoms with van der Waals surface area (Å²) in [5, 5.41) is 34.0. The highest BCUT2D eigenvalue weighted by Gasteiger charge is 2.44. The van der Waals surface area contributed by atoms with Crippen LogP contribution in [-0.4, -0.2) is 45.9 Å². The van der Waals surface area contributed by atoms with Gasteiger partial charge in [0.25, 0.3) is 0 Å². The van der Waals surface area contributed by atoms with Crippen molar-refractivity contribution in [1.29, 1.82) is 0 Å². The van der Waals surface area contributed by atoms with Crippen molar-refractivity contribution < 1.29 is 34.4 Å². The molecule has 0 aromatic heterocycles. The van der Waals surface area contributed by atoms with E-state index in [1.54, 1.807) is 7.05 Å². The van der Waals surface area contributed by atoms with Crippen LogP contribution in [0.3, 0.4) is 0 Å². The summed E-state index contributed by atoms with van der Waals surface area (Å²) in [6.45, 7) is 1.93.